The highest BCUT2D eigenvalue weighted by Crippen LogP contribution is 2.26. The average Bonchev–Trinajstić information content (AvgIpc) is 3.22. The summed E-state index contributed by atoms with van der Waals surface area (Å²) >= 11 is 0. The second-order valence-electron chi connectivity index (χ2n) is 7.50. The zero-order valence-corrected chi connectivity index (χ0v) is 18.9. The first-order valence-electron chi connectivity index (χ1n) is 10.0. The number of aliphatic imine (C=N–C) groups is 1. The van der Waals surface area contributed by atoms with Crippen LogP contribution in [0.3, 0.4) is 0 Å². The summed E-state index contributed by atoms with van der Waals surface area (Å²) in [6, 6.07) is 4.89. The molecule has 3 amide bonds. The van der Waals surface area contributed by atoms with Gasteiger partial charge in [-0.2, -0.15) is 18.3 Å². The van der Waals surface area contributed by atoms with Crippen molar-refractivity contribution < 1.29 is 22.8 Å². The number of fused-ring (bicyclic) bond motifs is 1. The van der Waals surface area contributed by atoms with Crippen LogP contribution in [0.1, 0.15) is 28.8 Å². The van der Waals surface area contributed by atoms with Crippen LogP contribution in [0.5, 0.6) is 0 Å². The Morgan fingerprint density at radius 1 is 1.20 bits per heavy atom. The molecular weight excluding hydrogens is 465 g/mol. The third-order valence-electron chi connectivity index (χ3n) is 4.66. The van der Waals surface area contributed by atoms with Crippen LogP contribution < -0.4 is 10.6 Å². The standard InChI is InChI=1S/C22H21F3N8O2/c1-12(7-14(9-26-2)30-21(35)33(3)4)13-5-6-17-16(8-13)18(32-31-17)19(34)29-15-10-27-20(28-11-15)22(23,24)25/h5-11H,2H2,1,3-4H3,(H,29,34)(H,30,35)(H,31,32)/b12-7+,14-9+. The first kappa shape index (κ1) is 25.1. The van der Waals surface area contributed by atoms with Crippen molar-refractivity contribution in [1.29, 1.82) is 0 Å². The fourth-order valence-electron chi connectivity index (χ4n) is 2.92. The van der Waals surface area contributed by atoms with Gasteiger partial charge in [0.15, 0.2) is 5.69 Å². The Bertz CT molecular complexity index is 1320. The van der Waals surface area contributed by atoms with Gasteiger partial charge in [0, 0.05) is 25.7 Å². The van der Waals surface area contributed by atoms with Gasteiger partial charge in [-0.05, 0) is 43.0 Å². The summed E-state index contributed by atoms with van der Waals surface area (Å²) in [4.78, 5) is 36.2. The quantitative estimate of drug-likeness (QED) is 0.360. The number of nitrogens with zero attached hydrogens (tertiary/aromatic N) is 5. The molecule has 0 saturated heterocycles. The van der Waals surface area contributed by atoms with Crippen LogP contribution >= 0.6 is 0 Å². The zero-order chi connectivity index (χ0) is 25.8. The number of H-pyrrole nitrogens is 1. The van der Waals surface area contributed by atoms with Crippen molar-refractivity contribution >= 4 is 40.8 Å². The van der Waals surface area contributed by atoms with Gasteiger partial charge < -0.3 is 15.5 Å². The van der Waals surface area contributed by atoms with Crippen molar-refractivity contribution in [3.8, 4) is 0 Å². The van der Waals surface area contributed by atoms with E-state index in [0.29, 0.717) is 16.6 Å². The molecular formula is C22H21F3N8O2. The van der Waals surface area contributed by atoms with Crippen LogP contribution in [0.25, 0.3) is 16.5 Å². The van der Waals surface area contributed by atoms with E-state index in [4.69, 9.17) is 0 Å². The number of nitrogens with one attached hydrogen (secondary N) is 3. The largest absolute Gasteiger partial charge is 0.451 e. The molecule has 0 atom stereocenters. The van der Waals surface area contributed by atoms with E-state index in [2.05, 4.69) is 42.5 Å². The molecule has 2 aromatic heterocycles. The Hall–Kier alpha value is -4.55. The van der Waals surface area contributed by atoms with E-state index < -0.39 is 17.9 Å². The lowest BCUT2D eigenvalue weighted by molar-refractivity contribution is -0.144. The lowest BCUT2D eigenvalue weighted by atomic mass is 10.0. The Kier molecular flexibility index (Phi) is 7.28. The van der Waals surface area contributed by atoms with Crippen LogP contribution in [0.4, 0.5) is 23.7 Å². The molecule has 0 radical (unpaired) electrons. The van der Waals surface area contributed by atoms with Gasteiger partial charge in [-0.3, -0.25) is 14.9 Å². The molecule has 2 heterocycles. The van der Waals surface area contributed by atoms with E-state index in [1.165, 1.54) is 11.1 Å². The second-order valence-corrected chi connectivity index (χ2v) is 7.50. The van der Waals surface area contributed by atoms with Crippen molar-refractivity contribution in [3.63, 3.8) is 0 Å². The first-order valence-corrected chi connectivity index (χ1v) is 10.0. The monoisotopic (exact) mass is 486 g/mol. The highest BCUT2D eigenvalue weighted by molar-refractivity contribution is 6.11. The van der Waals surface area contributed by atoms with Crippen molar-refractivity contribution in [2.45, 2.75) is 13.1 Å². The average molecular weight is 486 g/mol. The van der Waals surface area contributed by atoms with Crippen molar-refractivity contribution in [2.75, 3.05) is 19.4 Å². The summed E-state index contributed by atoms with van der Waals surface area (Å²) in [5.74, 6) is -1.97. The molecule has 0 bridgehead atoms. The van der Waals surface area contributed by atoms with E-state index >= 15 is 0 Å². The summed E-state index contributed by atoms with van der Waals surface area (Å²) in [7, 11) is 3.20. The molecule has 13 heteroatoms. The molecule has 10 nitrogen and oxygen atoms in total. The second kappa shape index (κ2) is 10.2. The van der Waals surface area contributed by atoms with Gasteiger partial charge in [0.05, 0.1) is 29.3 Å². The molecule has 0 aliphatic heterocycles. The van der Waals surface area contributed by atoms with Gasteiger partial charge in [-0.15, -0.1) is 0 Å². The Morgan fingerprint density at radius 3 is 2.49 bits per heavy atom. The molecule has 0 fully saturated rings. The number of alkyl halides is 3. The van der Waals surface area contributed by atoms with E-state index in [1.807, 2.05) is 0 Å². The van der Waals surface area contributed by atoms with Crippen LogP contribution in [-0.4, -0.2) is 57.8 Å². The van der Waals surface area contributed by atoms with Gasteiger partial charge in [-0.1, -0.05) is 6.07 Å². The molecule has 0 saturated carbocycles. The Balaban J connectivity index is 1.87. The predicted molar refractivity (Wildman–Crippen MR) is 125 cm³/mol. The van der Waals surface area contributed by atoms with Gasteiger partial charge in [0.25, 0.3) is 5.91 Å². The highest BCUT2D eigenvalue weighted by atomic mass is 19.4. The number of carbonyl (C=O) groups is 2. The minimum atomic E-state index is -4.69. The van der Waals surface area contributed by atoms with E-state index in [-0.39, 0.29) is 17.4 Å². The smallest absolute Gasteiger partial charge is 0.331 e. The number of aromatic nitrogens is 4. The van der Waals surface area contributed by atoms with Crippen LogP contribution in [0.2, 0.25) is 0 Å². The number of rotatable bonds is 6. The summed E-state index contributed by atoms with van der Waals surface area (Å²) in [6.45, 7) is 5.21. The molecule has 35 heavy (non-hydrogen) atoms. The third-order valence-corrected chi connectivity index (χ3v) is 4.66. The van der Waals surface area contributed by atoms with Crippen LogP contribution in [0, 0.1) is 0 Å². The van der Waals surface area contributed by atoms with E-state index in [9.17, 15) is 22.8 Å². The molecule has 0 spiro atoms. The van der Waals surface area contributed by atoms with Crippen LogP contribution in [0.15, 0.2) is 53.6 Å². The fraction of sp³-hybridized carbons (Fsp3) is 0.182. The minimum absolute atomic E-state index is 0.0188. The molecule has 1 aromatic carbocycles. The third kappa shape index (κ3) is 6.07. The molecule has 3 rings (SSSR count). The number of urea groups is 1. The molecule has 182 valence electrons. The predicted octanol–water partition coefficient (Wildman–Crippen LogP) is 3.84. The van der Waals surface area contributed by atoms with E-state index in [0.717, 1.165) is 23.5 Å². The van der Waals surface area contributed by atoms with Gasteiger partial charge in [0.2, 0.25) is 5.82 Å². The number of halogens is 3. The first-order chi connectivity index (χ1) is 16.5. The number of amides is 3. The lowest BCUT2D eigenvalue weighted by Gasteiger charge is -2.13. The summed E-state index contributed by atoms with van der Waals surface area (Å²) in [5.41, 5.74) is 2.45. The number of aromatic amines is 1. The number of allylic oxidation sites excluding steroid dienone is 2. The van der Waals surface area contributed by atoms with Gasteiger partial charge in [0.1, 0.15) is 0 Å². The maximum atomic E-state index is 12.7. The topological polar surface area (TPSA) is 128 Å². The normalized spacial score (nSPS) is 12.4. The van der Waals surface area contributed by atoms with Gasteiger partial charge >= 0.3 is 12.2 Å². The summed E-state index contributed by atoms with van der Waals surface area (Å²) in [5, 5.41) is 12.4. The Morgan fingerprint density at radius 2 is 1.89 bits per heavy atom. The minimum Gasteiger partial charge on any atom is -0.331 e. The number of hydrogen-bond donors (Lipinski definition) is 3. The van der Waals surface area contributed by atoms with Crippen molar-refractivity contribution in [1.82, 2.24) is 30.4 Å². The number of hydrogen-bond acceptors (Lipinski definition) is 6. The van der Waals surface area contributed by atoms with E-state index in [1.54, 1.807) is 45.3 Å². The molecule has 3 aromatic rings. The zero-order valence-electron chi connectivity index (χ0n) is 18.9. The molecule has 3 N–H and O–H groups in total. The number of benzene rings is 1. The Labute approximate surface area is 197 Å². The molecule has 0 aliphatic carbocycles. The number of carbonyl (C=O) groups excluding carboxylic acids is 2. The maximum Gasteiger partial charge on any atom is 0.451 e. The summed E-state index contributed by atoms with van der Waals surface area (Å²) in [6.07, 6.45) is 0.131. The molecule has 0 aliphatic rings. The van der Waals surface area contributed by atoms with Crippen LogP contribution in [-0.2, 0) is 6.18 Å². The lowest BCUT2D eigenvalue weighted by Crippen LogP contribution is -2.33. The SMILES string of the molecule is C=N/C=C(\C=C(/C)c1ccc2[nH]nc(C(=O)Nc3cnc(C(F)(F)F)nc3)c2c1)NC(=O)N(C)C. The highest BCUT2D eigenvalue weighted by Gasteiger charge is 2.34. The van der Waals surface area contributed by atoms with Crippen molar-refractivity contribution in [2.24, 2.45) is 4.99 Å². The van der Waals surface area contributed by atoms with Crippen molar-refractivity contribution in [3.05, 3.63) is 65.6 Å². The summed E-state index contributed by atoms with van der Waals surface area (Å²) < 4.78 is 37.9. The maximum absolute atomic E-state index is 12.7. The number of anilines is 1. The molecule has 0 unspecified atom stereocenters. The fourth-order valence-corrected chi connectivity index (χ4v) is 2.92. The van der Waals surface area contributed by atoms with Gasteiger partial charge in [-0.25, -0.2) is 14.8 Å².